The van der Waals surface area contributed by atoms with E-state index in [1.54, 1.807) is 30.3 Å². The summed E-state index contributed by atoms with van der Waals surface area (Å²) in [6.45, 7) is 3.84. The number of hydrogen-bond acceptors (Lipinski definition) is 4. The molecule has 0 saturated heterocycles. The molecule has 0 aliphatic heterocycles. The van der Waals surface area contributed by atoms with Crippen LogP contribution in [-0.4, -0.2) is 26.9 Å². The molecule has 3 aromatic carbocycles. The van der Waals surface area contributed by atoms with Crippen molar-refractivity contribution in [1.82, 2.24) is 4.98 Å². The van der Waals surface area contributed by atoms with Crippen molar-refractivity contribution in [2.24, 2.45) is 10.7 Å². The Balaban J connectivity index is 1.96. The number of aliphatic imine (C=N–C) groups is 1. The third kappa shape index (κ3) is 4.92. The van der Waals surface area contributed by atoms with Gasteiger partial charge in [0.05, 0.1) is 28.9 Å². The molecule has 1 aromatic heterocycles. The summed E-state index contributed by atoms with van der Waals surface area (Å²) in [7, 11) is 0. The molecule has 5 N–H and O–H groups in total. The van der Waals surface area contributed by atoms with Gasteiger partial charge in [-0.1, -0.05) is 48.0 Å². The average molecular weight is 462 g/mol. The van der Waals surface area contributed by atoms with Crippen LogP contribution in [0.3, 0.4) is 0 Å². The van der Waals surface area contributed by atoms with Gasteiger partial charge < -0.3 is 20.9 Å². The number of nitrogens with one attached hydrogen (secondary N) is 1. The standard InChI is InChI=1S/C26H24ClN3O3/c1-26(2,28)17-7-4-8-19(13-17)29-24(16-6-3-5-15(11-16)12-22(31)32)23-20-10-9-18(27)14-21(20)30-25(23)33/h3-11,13-14,30,33H,12,28H2,1-2H3,(H,31,32). The number of aromatic hydroxyl groups is 1. The highest BCUT2D eigenvalue weighted by Gasteiger charge is 2.20. The van der Waals surface area contributed by atoms with Gasteiger partial charge in [-0.15, -0.1) is 0 Å². The summed E-state index contributed by atoms with van der Waals surface area (Å²) in [5, 5.41) is 21.4. The Labute approximate surface area is 196 Å². The van der Waals surface area contributed by atoms with Crippen LogP contribution in [0.15, 0.2) is 71.7 Å². The van der Waals surface area contributed by atoms with Gasteiger partial charge in [0.25, 0.3) is 0 Å². The van der Waals surface area contributed by atoms with Crippen LogP contribution in [0.2, 0.25) is 5.02 Å². The van der Waals surface area contributed by atoms with Gasteiger partial charge in [0.1, 0.15) is 0 Å². The maximum absolute atomic E-state index is 11.3. The predicted molar refractivity (Wildman–Crippen MR) is 132 cm³/mol. The number of carboxylic acids is 1. The molecule has 33 heavy (non-hydrogen) atoms. The third-order valence-electron chi connectivity index (χ3n) is 5.36. The van der Waals surface area contributed by atoms with Crippen LogP contribution in [0, 0.1) is 0 Å². The lowest BCUT2D eigenvalue weighted by Crippen LogP contribution is -2.28. The van der Waals surface area contributed by atoms with Crippen molar-refractivity contribution < 1.29 is 15.0 Å². The lowest BCUT2D eigenvalue weighted by atomic mass is 9.95. The number of carboxylic acid groups (broad SMARTS) is 1. The largest absolute Gasteiger partial charge is 0.494 e. The van der Waals surface area contributed by atoms with Crippen molar-refractivity contribution in [2.75, 3.05) is 0 Å². The normalized spacial score (nSPS) is 12.3. The zero-order valence-corrected chi connectivity index (χ0v) is 19.0. The van der Waals surface area contributed by atoms with Gasteiger partial charge in [0.15, 0.2) is 5.88 Å². The number of benzene rings is 3. The Kier molecular flexibility index (Phi) is 5.97. The quantitative estimate of drug-likeness (QED) is 0.283. The molecule has 6 nitrogen and oxygen atoms in total. The van der Waals surface area contributed by atoms with E-state index in [9.17, 15) is 15.0 Å². The first-order valence-electron chi connectivity index (χ1n) is 10.4. The topological polar surface area (TPSA) is 112 Å². The van der Waals surface area contributed by atoms with Gasteiger partial charge in [-0.05, 0) is 55.3 Å². The molecule has 0 bridgehead atoms. The number of aliphatic carboxylic acids is 1. The molecular weight excluding hydrogens is 438 g/mol. The van der Waals surface area contributed by atoms with Crippen LogP contribution in [-0.2, 0) is 16.8 Å². The number of halogens is 1. The number of aromatic nitrogens is 1. The fourth-order valence-corrected chi connectivity index (χ4v) is 3.94. The molecule has 4 rings (SSSR count). The van der Waals surface area contributed by atoms with Gasteiger partial charge >= 0.3 is 5.97 Å². The van der Waals surface area contributed by atoms with Crippen LogP contribution in [0.25, 0.3) is 10.9 Å². The highest BCUT2D eigenvalue weighted by Crippen LogP contribution is 2.33. The molecule has 7 heteroatoms. The number of hydrogen-bond donors (Lipinski definition) is 4. The number of H-pyrrole nitrogens is 1. The summed E-state index contributed by atoms with van der Waals surface area (Å²) >= 11 is 6.14. The summed E-state index contributed by atoms with van der Waals surface area (Å²) in [6.07, 6.45) is -0.118. The fourth-order valence-electron chi connectivity index (χ4n) is 3.77. The Hall–Kier alpha value is -3.61. The van der Waals surface area contributed by atoms with Crippen LogP contribution in [0.5, 0.6) is 5.88 Å². The van der Waals surface area contributed by atoms with E-state index >= 15 is 0 Å². The minimum absolute atomic E-state index is 0.0510. The molecule has 0 fully saturated rings. The van der Waals surface area contributed by atoms with Crippen molar-refractivity contribution in [3.8, 4) is 5.88 Å². The van der Waals surface area contributed by atoms with Gasteiger partial charge in [-0.25, -0.2) is 4.99 Å². The molecule has 0 radical (unpaired) electrons. The molecule has 0 aliphatic carbocycles. The van der Waals surface area contributed by atoms with Crippen molar-refractivity contribution in [1.29, 1.82) is 0 Å². The summed E-state index contributed by atoms with van der Waals surface area (Å²) < 4.78 is 0. The average Bonchev–Trinajstić information content (AvgIpc) is 3.06. The van der Waals surface area contributed by atoms with Crippen LogP contribution in [0.1, 0.15) is 36.1 Å². The van der Waals surface area contributed by atoms with Crippen LogP contribution in [0.4, 0.5) is 5.69 Å². The summed E-state index contributed by atoms with van der Waals surface area (Å²) in [6, 6.07) is 20.0. The second kappa shape index (κ2) is 8.73. The van der Waals surface area contributed by atoms with Gasteiger partial charge in [-0.3, -0.25) is 4.79 Å². The van der Waals surface area contributed by atoms with E-state index in [0.29, 0.717) is 38.6 Å². The van der Waals surface area contributed by atoms with Crippen molar-refractivity contribution >= 4 is 39.9 Å². The lowest BCUT2D eigenvalue weighted by molar-refractivity contribution is -0.136. The molecule has 0 aliphatic rings. The molecule has 168 valence electrons. The van der Waals surface area contributed by atoms with E-state index in [1.165, 1.54) is 0 Å². The van der Waals surface area contributed by atoms with E-state index in [-0.39, 0.29) is 12.3 Å². The first-order chi connectivity index (χ1) is 15.6. The molecule has 0 saturated carbocycles. The second-order valence-electron chi connectivity index (χ2n) is 8.54. The van der Waals surface area contributed by atoms with Crippen LogP contribution < -0.4 is 5.73 Å². The molecule has 1 heterocycles. The Morgan fingerprint density at radius 3 is 2.58 bits per heavy atom. The highest BCUT2D eigenvalue weighted by molar-refractivity contribution is 6.31. The fraction of sp³-hybridized carbons (Fsp3) is 0.154. The van der Waals surface area contributed by atoms with E-state index in [0.717, 1.165) is 10.9 Å². The lowest BCUT2D eigenvalue weighted by Gasteiger charge is -2.19. The van der Waals surface area contributed by atoms with E-state index in [2.05, 4.69) is 4.98 Å². The Morgan fingerprint density at radius 1 is 1.09 bits per heavy atom. The first kappa shape index (κ1) is 22.6. The molecule has 4 aromatic rings. The number of nitrogens with two attached hydrogens (primary N) is 1. The zero-order chi connectivity index (χ0) is 23.8. The zero-order valence-electron chi connectivity index (χ0n) is 18.3. The summed E-state index contributed by atoms with van der Waals surface area (Å²) in [4.78, 5) is 19.1. The molecule has 0 amide bonds. The molecule has 0 unspecified atom stereocenters. The number of nitrogens with zero attached hydrogens (tertiary/aromatic N) is 1. The first-order valence-corrected chi connectivity index (χ1v) is 10.8. The third-order valence-corrected chi connectivity index (χ3v) is 5.60. The Bertz CT molecular complexity index is 1380. The van der Waals surface area contributed by atoms with Crippen LogP contribution >= 0.6 is 11.6 Å². The highest BCUT2D eigenvalue weighted by atomic mass is 35.5. The predicted octanol–water partition coefficient (Wildman–Crippen LogP) is 5.52. The van der Waals surface area contributed by atoms with Gasteiger partial charge in [0, 0.05) is 21.5 Å². The summed E-state index contributed by atoms with van der Waals surface area (Å²) in [5.74, 6) is -0.974. The number of fused-ring (bicyclic) bond motifs is 1. The van der Waals surface area contributed by atoms with E-state index in [1.807, 2.05) is 50.2 Å². The smallest absolute Gasteiger partial charge is 0.307 e. The maximum atomic E-state index is 11.3. The molecule has 0 spiro atoms. The number of aromatic amines is 1. The number of carbonyl (C=O) groups is 1. The summed E-state index contributed by atoms with van der Waals surface area (Å²) in [5.41, 5.74) is 10.3. The van der Waals surface area contributed by atoms with E-state index < -0.39 is 11.5 Å². The molecular formula is C26H24ClN3O3. The second-order valence-corrected chi connectivity index (χ2v) is 8.98. The monoisotopic (exact) mass is 461 g/mol. The van der Waals surface area contributed by atoms with E-state index in [4.69, 9.17) is 22.3 Å². The van der Waals surface area contributed by atoms with Crippen molar-refractivity contribution in [3.63, 3.8) is 0 Å². The number of rotatable bonds is 6. The van der Waals surface area contributed by atoms with Gasteiger partial charge in [0.2, 0.25) is 0 Å². The van der Waals surface area contributed by atoms with Crippen molar-refractivity contribution in [2.45, 2.75) is 25.8 Å². The molecule has 0 atom stereocenters. The SMILES string of the molecule is CC(C)(N)c1cccc(N=C(c2cccc(CC(=O)O)c2)c2c(O)[nH]c3cc(Cl)ccc23)c1. The van der Waals surface area contributed by atoms with Gasteiger partial charge in [-0.2, -0.15) is 0 Å². The minimum Gasteiger partial charge on any atom is -0.494 e. The maximum Gasteiger partial charge on any atom is 0.307 e. The minimum atomic E-state index is -0.923. The van der Waals surface area contributed by atoms with Crippen molar-refractivity contribution in [3.05, 3.63) is 94.0 Å². The Morgan fingerprint density at radius 2 is 1.85 bits per heavy atom.